The fourth-order valence-electron chi connectivity index (χ4n) is 4.58. The van der Waals surface area contributed by atoms with Gasteiger partial charge in [-0.3, -0.25) is 4.79 Å². The number of piperidine rings is 1. The molecule has 0 spiro atoms. The SMILES string of the molecule is Cc1nc(C)c(C)c(N2C[C@@H]3CCCN(C(=O)C4CCC4)[C@@H]3C2)n1. The number of hydrogen-bond acceptors (Lipinski definition) is 4. The molecule has 1 aromatic rings. The van der Waals surface area contributed by atoms with Crippen LogP contribution in [0.15, 0.2) is 0 Å². The zero-order valence-corrected chi connectivity index (χ0v) is 15.1. The van der Waals surface area contributed by atoms with Crippen LogP contribution in [0.1, 0.15) is 49.2 Å². The molecule has 2 saturated heterocycles. The van der Waals surface area contributed by atoms with Crippen molar-refractivity contribution in [1.29, 1.82) is 0 Å². The van der Waals surface area contributed by atoms with Crippen molar-refractivity contribution in [3.8, 4) is 0 Å². The zero-order chi connectivity index (χ0) is 16.8. The summed E-state index contributed by atoms with van der Waals surface area (Å²) in [6.07, 6.45) is 5.80. The number of amides is 1. The predicted molar refractivity (Wildman–Crippen MR) is 94.0 cm³/mol. The van der Waals surface area contributed by atoms with Gasteiger partial charge in [-0.2, -0.15) is 0 Å². The van der Waals surface area contributed by atoms with Crippen molar-refractivity contribution in [2.45, 2.75) is 58.9 Å². The molecule has 2 atom stereocenters. The van der Waals surface area contributed by atoms with Crippen molar-refractivity contribution in [2.75, 3.05) is 24.5 Å². The number of rotatable bonds is 2. The highest BCUT2D eigenvalue weighted by atomic mass is 16.2. The van der Waals surface area contributed by atoms with E-state index in [1.54, 1.807) is 0 Å². The number of nitrogens with zero attached hydrogens (tertiary/aromatic N) is 4. The first-order valence-corrected chi connectivity index (χ1v) is 9.42. The van der Waals surface area contributed by atoms with Crippen LogP contribution in [0.25, 0.3) is 0 Å². The Morgan fingerprint density at radius 2 is 1.83 bits per heavy atom. The Kier molecular flexibility index (Phi) is 3.97. The molecule has 5 heteroatoms. The molecule has 1 amide bonds. The van der Waals surface area contributed by atoms with E-state index in [-0.39, 0.29) is 0 Å². The maximum Gasteiger partial charge on any atom is 0.226 e. The molecule has 24 heavy (non-hydrogen) atoms. The van der Waals surface area contributed by atoms with Gasteiger partial charge in [0, 0.05) is 36.8 Å². The molecule has 5 nitrogen and oxygen atoms in total. The molecule has 0 radical (unpaired) electrons. The van der Waals surface area contributed by atoms with Gasteiger partial charge in [0.05, 0.1) is 6.04 Å². The second kappa shape index (κ2) is 6.01. The lowest BCUT2D eigenvalue weighted by atomic mass is 9.82. The van der Waals surface area contributed by atoms with Crippen molar-refractivity contribution in [3.63, 3.8) is 0 Å². The number of aryl methyl sites for hydroxylation is 2. The number of aromatic nitrogens is 2. The summed E-state index contributed by atoms with van der Waals surface area (Å²) in [6.45, 7) is 9.04. The fraction of sp³-hybridized carbons (Fsp3) is 0.737. The molecule has 0 unspecified atom stereocenters. The molecule has 3 fully saturated rings. The van der Waals surface area contributed by atoms with Crippen LogP contribution in [-0.4, -0.2) is 46.5 Å². The van der Waals surface area contributed by atoms with Gasteiger partial charge in [-0.1, -0.05) is 6.42 Å². The summed E-state index contributed by atoms with van der Waals surface area (Å²) in [5.41, 5.74) is 2.24. The molecule has 0 bridgehead atoms. The highest BCUT2D eigenvalue weighted by molar-refractivity contribution is 5.80. The van der Waals surface area contributed by atoms with Gasteiger partial charge in [-0.25, -0.2) is 9.97 Å². The van der Waals surface area contributed by atoms with E-state index in [0.29, 0.717) is 23.8 Å². The third-order valence-electron chi connectivity index (χ3n) is 6.29. The van der Waals surface area contributed by atoms with Gasteiger partial charge >= 0.3 is 0 Å². The van der Waals surface area contributed by atoms with E-state index in [0.717, 1.165) is 56.2 Å². The lowest BCUT2D eigenvalue weighted by Gasteiger charge is -2.40. The smallest absolute Gasteiger partial charge is 0.226 e. The number of likely N-dealkylation sites (tertiary alicyclic amines) is 1. The van der Waals surface area contributed by atoms with E-state index >= 15 is 0 Å². The Balaban J connectivity index is 1.56. The Morgan fingerprint density at radius 3 is 2.54 bits per heavy atom. The van der Waals surface area contributed by atoms with Crippen molar-refractivity contribution in [2.24, 2.45) is 11.8 Å². The monoisotopic (exact) mass is 328 g/mol. The second-order valence-electron chi connectivity index (χ2n) is 7.84. The molecule has 4 rings (SSSR count). The lowest BCUT2D eigenvalue weighted by Crippen LogP contribution is -2.51. The van der Waals surface area contributed by atoms with Gasteiger partial charge in [-0.05, 0) is 52.4 Å². The minimum atomic E-state index is 0.308. The third-order valence-corrected chi connectivity index (χ3v) is 6.29. The van der Waals surface area contributed by atoms with E-state index in [1.165, 1.54) is 18.4 Å². The molecule has 0 aromatic carbocycles. The Morgan fingerprint density at radius 1 is 1.04 bits per heavy atom. The van der Waals surface area contributed by atoms with Gasteiger partial charge in [0.2, 0.25) is 5.91 Å². The van der Waals surface area contributed by atoms with Crippen LogP contribution in [0, 0.1) is 32.6 Å². The number of carbonyl (C=O) groups is 1. The van der Waals surface area contributed by atoms with Crippen molar-refractivity contribution >= 4 is 11.7 Å². The predicted octanol–water partition coefficient (Wildman–Crippen LogP) is 2.63. The molecule has 1 aliphatic carbocycles. The van der Waals surface area contributed by atoms with Crippen LogP contribution in [0.2, 0.25) is 0 Å². The summed E-state index contributed by atoms with van der Waals surface area (Å²) in [5, 5.41) is 0. The molecule has 2 aliphatic heterocycles. The number of fused-ring (bicyclic) bond motifs is 1. The van der Waals surface area contributed by atoms with E-state index in [2.05, 4.69) is 28.6 Å². The number of hydrogen-bond donors (Lipinski definition) is 0. The number of carbonyl (C=O) groups excluding carboxylic acids is 1. The van der Waals surface area contributed by atoms with Crippen molar-refractivity contribution in [3.05, 3.63) is 17.1 Å². The average Bonchev–Trinajstić information content (AvgIpc) is 2.92. The largest absolute Gasteiger partial charge is 0.354 e. The molecule has 1 saturated carbocycles. The van der Waals surface area contributed by atoms with Crippen LogP contribution in [-0.2, 0) is 4.79 Å². The topological polar surface area (TPSA) is 49.3 Å². The van der Waals surface area contributed by atoms with Crippen molar-refractivity contribution < 1.29 is 4.79 Å². The summed E-state index contributed by atoms with van der Waals surface area (Å²) in [4.78, 5) is 26.6. The van der Waals surface area contributed by atoms with E-state index < -0.39 is 0 Å². The molecular formula is C19H28N4O. The standard InChI is InChI=1S/C19H28N4O/c1-12-13(2)20-14(3)21-18(12)22-10-16-8-5-9-23(17(16)11-22)19(24)15-6-4-7-15/h15-17H,4-11H2,1-3H3/t16-,17+/m0/s1. The summed E-state index contributed by atoms with van der Waals surface area (Å²) in [5.74, 6) is 3.24. The molecule has 3 aliphatic rings. The average molecular weight is 328 g/mol. The van der Waals surface area contributed by atoms with Crippen LogP contribution >= 0.6 is 0 Å². The van der Waals surface area contributed by atoms with Gasteiger partial charge in [0.25, 0.3) is 0 Å². The maximum atomic E-state index is 12.8. The molecule has 130 valence electrons. The summed E-state index contributed by atoms with van der Waals surface area (Å²) >= 11 is 0. The quantitative estimate of drug-likeness (QED) is 0.837. The van der Waals surface area contributed by atoms with E-state index in [1.807, 2.05) is 6.92 Å². The minimum Gasteiger partial charge on any atom is -0.354 e. The molecular weight excluding hydrogens is 300 g/mol. The van der Waals surface area contributed by atoms with Crippen LogP contribution < -0.4 is 4.90 Å². The first kappa shape index (κ1) is 15.9. The van der Waals surface area contributed by atoms with Gasteiger partial charge in [-0.15, -0.1) is 0 Å². The van der Waals surface area contributed by atoms with Crippen molar-refractivity contribution in [1.82, 2.24) is 14.9 Å². The Hall–Kier alpha value is -1.65. The van der Waals surface area contributed by atoms with Crippen LogP contribution in [0.3, 0.4) is 0 Å². The molecule has 1 aromatic heterocycles. The Bertz CT molecular complexity index is 655. The van der Waals surface area contributed by atoms with Crippen LogP contribution in [0.5, 0.6) is 0 Å². The zero-order valence-electron chi connectivity index (χ0n) is 15.1. The first-order valence-electron chi connectivity index (χ1n) is 9.42. The van der Waals surface area contributed by atoms with Gasteiger partial charge < -0.3 is 9.80 Å². The first-order chi connectivity index (χ1) is 11.5. The minimum absolute atomic E-state index is 0.308. The third kappa shape index (κ3) is 2.58. The van der Waals surface area contributed by atoms with Gasteiger partial charge in [0.1, 0.15) is 11.6 Å². The highest BCUT2D eigenvalue weighted by Gasteiger charge is 2.43. The van der Waals surface area contributed by atoms with E-state index in [9.17, 15) is 4.79 Å². The summed E-state index contributed by atoms with van der Waals surface area (Å²) in [6, 6.07) is 0.377. The van der Waals surface area contributed by atoms with Gasteiger partial charge in [0.15, 0.2) is 0 Å². The highest BCUT2D eigenvalue weighted by Crippen LogP contribution is 2.37. The van der Waals surface area contributed by atoms with E-state index in [4.69, 9.17) is 4.98 Å². The number of anilines is 1. The summed E-state index contributed by atoms with van der Waals surface area (Å²) in [7, 11) is 0. The van der Waals surface area contributed by atoms with Crippen LogP contribution in [0.4, 0.5) is 5.82 Å². The fourth-order valence-corrected chi connectivity index (χ4v) is 4.58. The molecule has 3 heterocycles. The lowest BCUT2D eigenvalue weighted by molar-refractivity contribution is -0.142. The maximum absolute atomic E-state index is 12.8. The Labute approximate surface area is 144 Å². The second-order valence-corrected chi connectivity index (χ2v) is 7.84. The molecule has 0 N–H and O–H groups in total. The normalized spacial score (nSPS) is 27.1. The summed E-state index contributed by atoms with van der Waals surface area (Å²) < 4.78 is 0.